The van der Waals surface area contributed by atoms with Crippen molar-refractivity contribution in [1.29, 1.82) is 0 Å². The van der Waals surface area contributed by atoms with Gasteiger partial charge < -0.3 is 14.5 Å². The molecule has 1 amide bonds. The molecule has 2 aromatic rings. The maximum Gasteiger partial charge on any atom is 0.287 e. The lowest BCUT2D eigenvalue weighted by Crippen LogP contribution is -2.35. The summed E-state index contributed by atoms with van der Waals surface area (Å²) in [6.07, 6.45) is 1.50. The van der Waals surface area contributed by atoms with Gasteiger partial charge in [-0.2, -0.15) is 0 Å². The normalized spacial score (nSPS) is 15.6. The second kappa shape index (κ2) is 7.24. The molecule has 116 valence electrons. The van der Waals surface area contributed by atoms with Gasteiger partial charge >= 0.3 is 0 Å². The van der Waals surface area contributed by atoms with E-state index in [-0.39, 0.29) is 5.91 Å². The fraction of sp³-hybridized carbons (Fsp3) is 0.353. The van der Waals surface area contributed by atoms with Crippen molar-refractivity contribution < 1.29 is 13.9 Å². The quantitative estimate of drug-likeness (QED) is 0.918. The summed E-state index contributed by atoms with van der Waals surface area (Å²) in [7, 11) is 0. The largest absolute Gasteiger partial charge is 0.459 e. The molecular weight excluding hydrogens is 280 g/mol. The molecule has 0 saturated carbocycles. The highest BCUT2D eigenvalue weighted by Crippen LogP contribution is 2.09. The molecule has 0 unspecified atom stereocenters. The maximum atomic E-state index is 11.8. The lowest BCUT2D eigenvalue weighted by Gasteiger charge is -2.26. The summed E-state index contributed by atoms with van der Waals surface area (Å²) in [5, 5.41) is 2.84. The Bertz CT molecular complexity index is 587. The van der Waals surface area contributed by atoms with Crippen molar-refractivity contribution in [1.82, 2.24) is 10.2 Å². The molecule has 0 spiro atoms. The van der Waals surface area contributed by atoms with Crippen LogP contribution in [0, 0.1) is 0 Å². The number of ether oxygens (including phenoxy) is 1. The van der Waals surface area contributed by atoms with Gasteiger partial charge in [-0.1, -0.05) is 24.3 Å². The van der Waals surface area contributed by atoms with Crippen LogP contribution in [0.4, 0.5) is 0 Å². The number of rotatable bonds is 5. The van der Waals surface area contributed by atoms with E-state index >= 15 is 0 Å². The van der Waals surface area contributed by atoms with Gasteiger partial charge in [0.05, 0.1) is 19.5 Å². The predicted octanol–water partition coefficient (Wildman–Crippen LogP) is 2.04. The molecule has 0 bridgehead atoms. The van der Waals surface area contributed by atoms with E-state index in [0.29, 0.717) is 12.3 Å². The van der Waals surface area contributed by atoms with Crippen LogP contribution in [0.15, 0.2) is 47.1 Å². The van der Waals surface area contributed by atoms with Gasteiger partial charge in [-0.15, -0.1) is 0 Å². The van der Waals surface area contributed by atoms with Gasteiger partial charge in [0, 0.05) is 26.2 Å². The standard InChI is InChI=1S/C17H20N2O3/c20-17(16-2-1-9-22-16)18-12-14-3-5-15(6-4-14)13-19-7-10-21-11-8-19/h1-6,9H,7-8,10-13H2,(H,18,20). The molecule has 3 rings (SSSR count). The van der Waals surface area contributed by atoms with Crippen LogP contribution in [-0.4, -0.2) is 37.1 Å². The van der Waals surface area contributed by atoms with E-state index in [1.54, 1.807) is 12.1 Å². The Morgan fingerprint density at radius 3 is 2.50 bits per heavy atom. The highest BCUT2D eigenvalue weighted by molar-refractivity contribution is 5.91. The third-order valence-corrected chi connectivity index (χ3v) is 3.73. The Kier molecular flexibility index (Phi) is 4.88. The number of carbonyl (C=O) groups excluding carboxylic acids is 1. The molecule has 1 aromatic heterocycles. The van der Waals surface area contributed by atoms with Gasteiger partial charge in [-0.25, -0.2) is 0 Å². The van der Waals surface area contributed by atoms with E-state index < -0.39 is 0 Å². The fourth-order valence-electron chi connectivity index (χ4n) is 2.46. The first kappa shape index (κ1) is 14.8. The second-order valence-electron chi connectivity index (χ2n) is 5.36. The van der Waals surface area contributed by atoms with Crippen molar-refractivity contribution in [3.63, 3.8) is 0 Å². The van der Waals surface area contributed by atoms with Crippen LogP contribution in [-0.2, 0) is 17.8 Å². The Hall–Kier alpha value is -2.11. The van der Waals surface area contributed by atoms with Gasteiger partial charge in [0.2, 0.25) is 0 Å². The van der Waals surface area contributed by atoms with E-state index in [4.69, 9.17) is 9.15 Å². The van der Waals surface area contributed by atoms with Crippen LogP contribution in [0.25, 0.3) is 0 Å². The van der Waals surface area contributed by atoms with Crippen LogP contribution < -0.4 is 5.32 Å². The molecule has 1 N–H and O–H groups in total. The zero-order valence-corrected chi connectivity index (χ0v) is 12.5. The van der Waals surface area contributed by atoms with Gasteiger partial charge in [0.15, 0.2) is 5.76 Å². The molecule has 5 heteroatoms. The molecule has 1 fully saturated rings. The molecule has 2 heterocycles. The molecule has 22 heavy (non-hydrogen) atoms. The van der Waals surface area contributed by atoms with Crippen molar-refractivity contribution >= 4 is 5.91 Å². The molecule has 1 aromatic carbocycles. The van der Waals surface area contributed by atoms with Crippen LogP contribution in [0.1, 0.15) is 21.7 Å². The maximum absolute atomic E-state index is 11.8. The predicted molar refractivity (Wildman–Crippen MR) is 82.4 cm³/mol. The summed E-state index contributed by atoms with van der Waals surface area (Å²) in [5.41, 5.74) is 2.36. The van der Waals surface area contributed by atoms with Crippen molar-refractivity contribution in [2.24, 2.45) is 0 Å². The van der Waals surface area contributed by atoms with Crippen molar-refractivity contribution in [3.05, 3.63) is 59.5 Å². The number of carbonyl (C=O) groups is 1. The third kappa shape index (κ3) is 3.96. The number of hydrogen-bond acceptors (Lipinski definition) is 4. The summed E-state index contributed by atoms with van der Waals surface area (Å²) in [6, 6.07) is 11.7. The first-order valence-electron chi connectivity index (χ1n) is 7.51. The zero-order chi connectivity index (χ0) is 15.2. The molecule has 1 aliphatic rings. The van der Waals surface area contributed by atoms with E-state index in [1.165, 1.54) is 11.8 Å². The Morgan fingerprint density at radius 2 is 1.82 bits per heavy atom. The number of morpholine rings is 1. The van der Waals surface area contributed by atoms with Crippen molar-refractivity contribution in [2.75, 3.05) is 26.3 Å². The summed E-state index contributed by atoms with van der Waals surface area (Å²) in [4.78, 5) is 14.2. The Balaban J connectivity index is 1.49. The summed E-state index contributed by atoms with van der Waals surface area (Å²) in [6.45, 7) is 5.05. The molecule has 5 nitrogen and oxygen atoms in total. The minimum atomic E-state index is -0.192. The first-order valence-corrected chi connectivity index (χ1v) is 7.51. The average molecular weight is 300 g/mol. The van der Waals surface area contributed by atoms with E-state index in [9.17, 15) is 4.79 Å². The molecular formula is C17H20N2O3. The molecule has 0 radical (unpaired) electrons. The van der Waals surface area contributed by atoms with Crippen molar-refractivity contribution in [2.45, 2.75) is 13.1 Å². The molecule has 0 atom stereocenters. The highest BCUT2D eigenvalue weighted by atomic mass is 16.5. The number of benzene rings is 1. The van der Waals surface area contributed by atoms with E-state index in [1.807, 2.05) is 0 Å². The number of furan rings is 1. The SMILES string of the molecule is O=C(NCc1ccc(CN2CCOCC2)cc1)c1ccco1. The lowest BCUT2D eigenvalue weighted by atomic mass is 10.1. The molecule has 1 aliphatic heterocycles. The second-order valence-corrected chi connectivity index (χ2v) is 5.36. The lowest BCUT2D eigenvalue weighted by molar-refractivity contribution is 0.0342. The summed E-state index contributed by atoms with van der Waals surface area (Å²) in [5.74, 6) is 0.145. The minimum Gasteiger partial charge on any atom is -0.459 e. The van der Waals surface area contributed by atoms with E-state index in [2.05, 4.69) is 34.5 Å². The molecule has 0 aliphatic carbocycles. The van der Waals surface area contributed by atoms with E-state index in [0.717, 1.165) is 38.4 Å². The number of nitrogens with zero attached hydrogens (tertiary/aromatic N) is 1. The van der Waals surface area contributed by atoms with Gasteiger partial charge in [-0.05, 0) is 23.3 Å². The topological polar surface area (TPSA) is 54.7 Å². The minimum absolute atomic E-state index is 0.192. The van der Waals surface area contributed by atoms with Gasteiger partial charge in [-0.3, -0.25) is 9.69 Å². The van der Waals surface area contributed by atoms with Gasteiger partial charge in [0.1, 0.15) is 0 Å². The number of amides is 1. The van der Waals surface area contributed by atoms with Crippen molar-refractivity contribution in [3.8, 4) is 0 Å². The monoisotopic (exact) mass is 300 g/mol. The number of nitrogens with one attached hydrogen (secondary N) is 1. The fourth-order valence-corrected chi connectivity index (χ4v) is 2.46. The smallest absolute Gasteiger partial charge is 0.287 e. The Labute approximate surface area is 129 Å². The van der Waals surface area contributed by atoms with Crippen LogP contribution in [0.2, 0.25) is 0 Å². The van der Waals surface area contributed by atoms with Crippen LogP contribution >= 0.6 is 0 Å². The summed E-state index contributed by atoms with van der Waals surface area (Å²) >= 11 is 0. The van der Waals surface area contributed by atoms with Crippen LogP contribution in [0.5, 0.6) is 0 Å². The highest BCUT2D eigenvalue weighted by Gasteiger charge is 2.11. The van der Waals surface area contributed by atoms with Gasteiger partial charge in [0.25, 0.3) is 5.91 Å². The average Bonchev–Trinajstić information content (AvgIpc) is 3.09. The first-order chi connectivity index (χ1) is 10.8. The van der Waals surface area contributed by atoms with Crippen LogP contribution in [0.3, 0.4) is 0 Å². The Morgan fingerprint density at radius 1 is 1.09 bits per heavy atom. The summed E-state index contributed by atoms with van der Waals surface area (Å²) < 4.78 is 10.4. The zero-order valence-electron chi connectivity index (χ0n) is 12.5. The third-order valence-electron chi connectivity index (χ3n) is 3.73. The number of hydrogen-bond donors (Lipinski definition) is 1. The molecule has 1 saturated heterocycles.